The Bertz CT molecular complexity index is 1240. The van der Waals surface area contributed by atoms with E-state index in [-0.39, 0.29) is 5.56 Å². The van der Waals surface area contributed by atoms with Crippen molar-refractivity contribution in [2.24, 2.45) is 0 Å². The lowest BCUT2D eigenvalue weighted by Gasteiger charge is -2.12. The minimum Gasteiger partial charge on any atom is -0.451 e. The van der Waals surface area contributed by atoms with Crippen LogP contribution in [0.25, 0.3) is 10.9 Å². The second-order valence-electron chi connectivity index (χ2n) is 6.37. The number of sulfone groups is 1. The maximum atomic E-state index is 12.7. The summed E-state index contributed by atoms with van der Waals surface area (Å²) in [6.45, 7) is 1.39. The average Bonchev–Trinajstić information content (AvgIpc) is 3.10. The van der Waals surface area contributed by atoms with Crippen LogP contribution in [0, 0.1) is 10.1 Å². The Morgan fingerprint density at radius 1 is 1.17 bits per heavy atom. The Labute approximate surface area is 165 Å². The van der Waals surface area contributed by atoms with Crippen LogP contribution in [0.1, 0.15) is 27.6 Å². The summed E-state index contributed by atoms with van der Waals surface area (Å²) in [6, 6.07) is 10.0. The number of carbonyl (C=O) groups excluding carboxylic acids is 2. The average molecular weight is 416 g/mol. The number of ether oxygens (including phenoxy) is 1. The highest BCUT2D eigenvalue weighted by Crippen LogP contribution is 2.26. The van der Waals surface area contributed by atoms with E-state index in [1.165, 1.54) is 13.1 Å². The molecule has 0 aliphatic rings. The minimum atomic E-state index is -3.86. The third-order valence-corrected chi connectivity index (χ3v) is 5.44. The molecule has 0 spiro atoms. The predicted octanol–water partition coefficient (Wildman–Crippen LogP) is 2.91. The van der Waals surface area contributed by atoms with Gasteiger partial charge in [-0.1, -0.05) is 18.2 Å². The Hall–Kier alpha value is -3.53. The molecule has 150 valence electrons. The Morgan fingerprint density at radius 2 is 1.86 bits per heavy atom. The highest BCUT2D eigenvalue weighted by atomic mass is 32.2. The molecule has 9 nitrogen and oxygen atoms in total. The van der Waals surface area contributed by atoms with Gasteiger partial charge in [-0.05, 0) is 25.1 Å². The second-order valence-corrected chi connectivity index (χ2v) is 8.36. The molecule has 0 bridgehead atoms. The van der Waals surface area contributed by atoms with Crippen molar-refractivity contribution in [2.45, 2.75) is 17.9 Å². The van der Waals surface area contributed by atoms with Gasteiger partial charge in [0.2, 0.25) is 5.78 Å². The molecule has 3 aromatic rings. The summed E-state index contributed by atoms with van der Waals surface area (Å²) in [5.74, 6) is -1.42. The normalized spacial score (nSPS) is 12.5. The van der Waals surface area contributed by atoms with Gasteiger partial charge < -0.3 is 9.72 Å². The van der Waals surface area contributed by atoms with Gasteiger partial charge in [-0.2, -0.15) is 0 Å². The fourth-order valence-electron chi connectivity index (χ4n) is 2.88. The summed E-state index contributed by atoms with van der Waals surface area (Å²) in [7, 11) is -3.86. The largest absolute Gasteiger partial charge is 0.451 e. The van der Waals surface area contributed by atoms with E-state index >= 15 is 0 Å². The molecular weight excluding hydrogens is 400 g/mol. The van der Waals surface area contributed by atoms with Crippen molar-refractivity contribution in [3.8, 4) is 0 Å². The number of carbonyl (C=O) groups is 2. The molecule has 1 aromatic heterocycles. The predicted molar refractivity (Wildman–Crippen MR) is 104 cm³/mol. The van der Waals surface area contributed by atoms with Crippen molar-refractivity contribution in [3.63, 3.8) is 0 Å². The number of esters is 1. The van der Waals surface area contributed by atoms with Gasteiger partial charge in [0.05, 0.1) is 10.5 Å². The van der Waals surface area contributed by atoms with Gasteiger partial charge in [-0.25, -0.2) is 13.2 Å². The fourth-order valence-corrected chi connectivity index (χ4v) is 3.71. The Balaban J connectivity index is 1.85. The van der Waals surface area contributed by atoms with Crippen LogP contribution in [0.3, 0.4) is 0 Å². The number of ketones is 1. The molecule has 3 rings (SSSR count). The number of H-pyrrole nitrogens is 1. The van der Waals surface area contributed by atoms with Crippen molar-refractivity contribution in [2.75, 3.05) is 6.26 Å². The molecule has 1 heterocycles. The van der Waals surface area contributed by atoms with Crippen LogP contribution in [0.5, 0.6) is 0 Å². The Morgan fingerprint density at radius 3 is 2.52 bits per heavy atom. The van der Waals surface area contributed by atoms with Crippen molar-refractivity contribution >= 4 is 38.2 Å². The van der Waals surface area contributed by atoms with Crippen LogP contribution in [-0.2, 0) is 14.6 Å². The quantitative estimate of drug-likeness (QED) is 0.282. The number of nitrogens with zero attached hydrogens (tertiary/aromatic N) is 1. The van der Waals surface area contributed by atoms with Gasteiger partial charge in [0.15, 0.2) is 15.9 Å². The maximum Gasteiger partial charge on any atom is 0.339 e. The molecular formula is C19H16N2O7S. The third-order valence-electron chi connectivity index (χ3n) is 4.30. The molecule has 0 saturated carbocycles. The monoisotopic (exact) mass is 416 g/mol. The number of fused-ring (bicyclic) bond motifs is 1. The summed E-state index contributed by atoms with van der Waals surface area (Å²) in [5, 5.41) is 11.9. The van der Waals surface area contributed by atoms with Crippen LogP contribution in [0.2, 0.25) is 0 Å². The maximum absolute atomic E-state index is 12.7. The van der Waals surface area contributed by atoms with Crippen molar-refractivity contribution in [1.82, 2.24) is 4.98 Å². The first-order valence-corrected chi connectivity index (χ1v) is 10.3. The number of rotatable bonds is 6. The summed E-state index contributed by atoms with van der Waals surface area (Å²) in [5.41, 5.74) is 0.126. The molecule has 1 atom stereocenters. The topological polar surface area (TPSA) is 136 Å². The SMILES string of the molecule is CC(OC(=O)c1ccc(S(C)(=O)=O)c([N+](=O)[O-])c1)C(=O)c1c[nH]c2ccccc12. The van der Waals surface area contributed by atoms with E-state index in [4.69, 9.17) is 4.74 Å². The molecule has 10 heteroatoms. The summed E-state index contributed by atoms with van der Waals surface area (Å²) < 4.78 is 28.5. The van der Waals surface area contributed by atoms with Crippen LogP contribution in [0.15, 0.2) is 53.6 Å². The standard InChI is InChI=1S/C19H16N2O7S/c1-11(18(22)14-10-20-15-6-4-3-5-13(14)15)28-19(23)12-7-8-17(29(2,26)27)16(9-12)21(24)25/h3-11,20H,1-2H3. The lowest BCUT2D eigenvalue weighted by atomic mass is 10.1. The lowest BCUT2D eigenvalue weighted by molar-refractivity contribution is -0.387. The van der Waals surface area contributed by atoms with E-state index in [1.54, 1.807) is 18.2 Å². The van der Waals surface area contributed by atoms with Crippen LogP contribution < -0.4 is 0 Å². The first-order valence-electron chi connectivity index (χ1n) is 8.39. The van der Waals surface area contributed by atoms with E-state index in [1.807, 2.05) is 6.07 Å². The van der Waals surface area contributed by atoms with Gasteiger partial charge in [-0.3, -0.25) is 14.9 Å². The van der Waals surface area contributed by atoms with Crippen LogP contribution in [0.4, 0.5) is 5.69 Å². The molecule has 0 aliphatic carbocycles. The highest BCUT2D eigenvalue weighted by Gasteiger charge is 2.27. The third kappa shape index (κ3) is 4.02. The van der Waals surface area contributed by atoms with Gasteiger partial charge in [0, 0.05) is 35.0 Å². The van der Waals surface area contributed by atoms with Gasteiger partial charge >= 0.3 is 5.97 Å². The number of aromatic amines is 1. The molecule has 0 radical (unpaired) electrons. The van der Waals surface area contributed by atoms with Gasteiger partial charge in [-0.15, -0.1) is 0 Å². The minimum absolute atomic E-state index is 0.234. The van der Waals surface area contributed by atoms with E-state index in [9.17, 15) is 28.1 Å². The highest BCUT2D eigenvalue weighted by molar-refractivity contribution is 7.90. The first kappa shape index (κ1) is 20.2. The number of benzene rings is 2. The van der Waals surface area contributed by atoms with Gasteiger partial charge in [0.1, 0.15) is 4.90 Å². The zero-order chi connectivity index (χ0) is 21.3. The molecule has 0 saturated heterocycles. The van der Waals surface area contributed by atoms with Gasteiger partial charge in [0.25, 0.3) is 5.69 Å². The second kappa shape index (κ2) is 7.47. The summed E-state index contributed by atoms with van der Waals surface area (Å²) in [4.78, 5) is 37.8. The molecule has 1 N–H and O–H groups in total. The van der Waals surface area contributed by atoms with Crippen LogP contribution in [-0.4, -0.2) is 42.4 Å². The fraction of sp³-hybridized carbons (Fsp3) is 0.158. The molecule has 0 amide bonds. The smallest absolute Gasteiger partial charge is 0.339 e. The molecule has 1 unspecified atom stereocenters. The Kier molecular flexibility index (Phi) is 5.21. The number of para-hydroxylation sites is 1. The summed E-state index contributed by atoms with van der Waals surface area (Å²) >= 11 is 0. The first-order chi connectivity index (χ1) is 13.6. The van der Waals surface area contributed by atoms with E-state index < -0.39 is 43.2 Å². The molecule has 2 aromatic carbocycles. The van der Waals surface area contributed by atoms with Crippen molar-refractivity contribution < 1.29 is 27.7 Å². The van der Waals surface area contributed by atoms with Crippen molar-refractivity contribution in [3.05, 3.63) is 69.9 Å². The number of Topliss-reactive ketones (excluding diaryl/α,β-unsaturated/α-hetero) is 1. The number of nitro benzene ring substituents is 1. The van der Waals surface area contributed by atoms with E-state index in [2.05, 4.69) is 4.98 Å². The molecule has 0 fully saturated rings. The van der Waals surface area contributed by atoms with Crippen molar-refractivity contribution in [1.29, 1.82) is 0 Å². The zero-order valence-corrected chi connectivity index (χ0v) is 16.2. The lowest BCUT2D eigenvalue weighted by Crippen LogP contribution is -2.24. The number of nitro groups is 1. The van der Waals surface area contributed by atoms with E-state index in [0.29, 0.717) is 10.9 Å². The zero-order valence-electron chi connectivity index (χ0n) is 15.4. The van der Waals surface area contributed by atoms with Crippen LogP contribution >= 0.6 is 0 Å². The number of nitrogens with one attached hydrogen (secondary N) is 1. The number of hydrogen-bond donors (Lipinski definition) is 1. The molecule has 0 aliphatic heterocycles. The van der Waals surface area contributed by atoms with E-state index in [0.717, 1.165) is 30.0 Å². The number of aromatic nitrogens is 1. The summed E-state index contributed by atoms with van der Waals surface area (Å²) in [6.07, 6.45) is 1.19. The molecule has 29 heavy (non-hydrogen) atoms. The number of hydrogen-bond acceptors (Lipinski definition) is 7.